The van der Waals surface area contributed by atoms with Crippen molar-refractivity contribution in [2.45, 2.75) is 45.8 Å². The van der Waals surface area contributed by atoms with Crippen molar-refractivity contribution in [3.63, 3.8) is 0 Å². The fourth-order valence-corrected chi connectivity index (χ4v) is 1.68. The monoisotopic (exact) mass is 288 g/mol. The van der Waals surface area contributed by atoms with Crippen molar-refractivity contribution >= 4 is 21.9 Å². The molecule has 4 heteroatoms. The highest BCUT2D eigenvalue weighted by atomic mass is 79.9. The molecule has 90 valence electrons. The summed E-state index contributed by atoms with van der Waals surface area (Å²) in [5.41, 5.74) is 0.160. The molecule has 0 spiro atoms. The Bertz CT molecular complexity index is 337. The van der Waals surface area contributed by atoms with Crippen molar-refractivity contribution in [3.05, 3.63) is 22.4 Å². The van der Waals surface area contributed by atoms with Crippen molar-refractivity contribution in [3.8, 4) is 0 Å². The molecule has 1 atom stereocenters. The molecule has 0 amide bonds. The molecule has 0 saturated heterocycles. The van der Waals surface area contributed by atoms with Crippen LogP contribution in [-0.2, 0) is 14.3 Å². The van der Waals surface area contributed by atoms with Gasteiger partial charge in [-0.15, -0.1) is 0 Å². The van der Waals surface area contributed by atoms with Gasteiger partial charge in [0.2, 0.25) is 0 Å². The molecule has 0 aliphatic carbocycles. The molecular weight excluding hydrogens is 272 g/mol. The maximum Gasteiger partial charge on any atom is 0.334 e. The molecule has 3 nitrogen and oxygen atoms in total. The lowest BCUT2D eigenvalue weighted by atomic mass is 10.1. The predicted molar refractivity (Wildman–Crippen MR) is 66.1 cm³/mol. The van der Waals surface area contributed by atoms with Crippen LogP contribution in [0.25, 0.3) is 0 Å². The van der Waals surface area contributed by atoms with Crippen molar-refractivity contribution in [2.24, 2.45) is 0 Å². The zero-order chi connectivity index (χ0) is 12.3. The second kappa shape index (κ2) is 5.04. The Labute approximate surface area is 105 Å². The summed E-state index contributed by atoms with van der Waals surface area (Å²) >= 11 is 3.34. The summed E-state index contributed by atoms with van der Waals surface area (Å²) in [5, 5.41) is 0. The van der Waals surface area contributed by atoms with E-state index in [0.29, 0.717) is 12.0 Å². The molecule has 1 aliphatic heterocycles. The molecule has 0 unspecified atom stereocenters. The van der Waals surface area contributed by atoms with Gasteiger partial charge in [-0.1, -0.05) is 15.9 Å². The number of allylic oxidation sites excluding steroid dienone is 1. The molecule has 0 bridgehead atoms. The molecule has 0 saturated carbocycles. The van der Waals surface area contributed by atoms with Crippen molar-refractivity contribution in [1.29, 1.82) is 0 Å². The van der Waals surface area contributed by atoms with E-state index in [1.165, 1.54) is 0 Å². The number of ether oxygens (including phenoxy) is 2. The SMILES string of the molecule is C[C@H]1C=C(C(=O)OC(C)(C)C)CC(Br)=CO1. The molecule has 0 radical (unpaired) electrons. The van der Waals surface area contributed by atoms with Crippen molar-refractivity contribution in [2.75, 3.05) is 0 Å². The summed E-state index contributed by atoms with van der Waals surface area (Å²) in [5.74, 6) is -0.282. The van der Waals surface area contributed by atoms with Gasteiger partial charge in [-0.2, -0.15) is 0 Å². The third kappa shape index (κ3) is 4.39. The molecule has 0 N–H and O–H groups in total. The van der Waals surface area contributed by atoms with E-state index >= 15 is 0 Å². The lowest BCUT2D eigenvalue weighted by Gasteiger charge is -2.20. The number of hydrogen-bond donors (Lipinski definition) is 0. The predicted octanol–water partition coefficient (Wildman–Crippen LogP) is 3.30. The lowest BCUT2D eigenvalue weighted by Crippen LogP contribution is -2.25. The van der Waals surface area contributed by atoms with Gasteiger partial charge in [-0.25, -0.2) is 4.79 Å². The highest BCUT2D eigenvalue weighted by Crippen LogP contribution is 2.24. The zero-order valence-corrected chi connectivity index (χ0v) is 11.6. The van der Waals surface area contributed by atoms with Gasteiger partial charge in [-0.05, 0) is 33.8 Å². The number of carbonyl (C=O) groups is 1. The van der Waals surface area contributed by atoms with Crippen LogP contribution < -0.4 is 0 Å². The van der Waals surface area contributed by atoms with Crippen LogP contribution in [0.2, 0.25) is 0 Å². The molecule has 1 rings (SSSR count). The third-order valence-corrected chi connectivity index (χ3v) is 2.33. The average molecular weight is 289 g/mol. The summed E-state index contributed by atoms with van der Waals surface area (Å²) in [6, 6.07) is 0. The van der Waals surface area contributed by atoms with Gasteiger partial charge in [0.05, 0.1) is 6.26 Å². The minimum atomic E-state index is -0.468. The molecule has 16 heavy (non-hydrogen) atoms. The van der Waals surface area contributed by atoms with Gasteiger partial charge < -0.3 is 9.47 Å². The van der Waals surface area contributed by atoms with E-state index in [0.717, 1.165) is 4.48 Å². The molecule has 1 aliphatic rings. The summed E-state index contributed by atoms with van der Waals surface area (Å²) in [6.45, 7) is 7.44. The minimum Gasteiger partial charge on any atom is -0.493 e. The Morgan fingerprint density at radius 3 is 2.75 bits per heavy atom. The summed E-state index contributed by atoms with van der Waals surface area (Å²) in [7, 11) is 0. The first-order valence-corrected chi connectivity index (χ1v) is 6.01. The first-order chi connectivity index (χ1) is 7.28. The normalized spacial score (nSPS) is 21.4. The van der Waals surface area contributed by atoms with Crippen LogP contribution in [0.3, 0.4) is 0 Å². The van der Waals surface area contributed by atoms with Crippen LogP contribution in [-0.4, -0.2) is 17.7 Å². The molecule has 0 aromatic heterocycles. The number of esters is 1. The summed E-state index contributed by atoms with van der Waals surface area (Å²) in [6.07, 6.45) is 3.81. The quantitative estimate of drug-likeness (QED) is 0.695. The fraction of sp³-hybridized carbons (Fsp3) is 0.583. The maximum atomic E-state index is 11.9. The second-order valence-electron chi connectivity index (χ2n) is 4.78. The molecule has 0 aromatic rings. The number of rotatable bonds is 1. The van der Waals surface area contributed by atoms with E-state index in [1.54, 1.807) is 12.3 Å². The molecule has 0 fully saturated rings. The van der Waals surface area contributed by atoms with Gasteiger partial charge in [0, 0.05) is 16.5 Å². The number of hydrogen-bond acceptors (Lipinski definition) is 3. The largest absolute Gasteiger partial charge is 0.493 e. The van der Waals surface area contributed by atoms with E-state index in [2.05, 4.69) is 15.9 Å². The van der Waals surface area contributed by atoms with Crippen molar-refractivity contribution < 1.29 is 14.3 Å². The smallest absolute Gasteiger partial charge is 0.334 e. The summed E-state index contributed by atoms with van der Waals surface area (Å²) in [4.78, 5) is 11.9. The van der Waals surface area contributed by atoms with Crippen molar-refractivity contribution in [1.82, 2.24) is 0 Å². The average Bonchev–Trinajstić information content (AvgIpc) is 2.25. The van der Waals surface area contributed by atoms with Gasteiger partial charge in [0.25, 0.3) is 0 Å². The molecule has 0 aromatic carbocycles. The fourth-order valence-electron chi connectivity index (χ4n) is 1.27. The van der Waals surface area contributed by atoms with Gasteiger partial charge in [0.1, 0.15) is 11.7 Å². The van der Waals surface area contributed by atoms with E-state index < -0.39 is 5.60 Å². The Kier molecular flexibility index (Phi) is 4.19. The Morgan fingerprint density at radius 2 is 2.19 bits per heavy atom. The van der Waals surface area contributed by atoms with Gasteiger partial charge >= 0.3 is 5.97 Å². The van der Waals surface area contributed by atoms with Crippen LogP contribution in [0.4, 0.5) is 0 Å². The van der Waals surface area contributed by atoms with Crippen LogP contribution in [0.5, 0.6) is 0 Å². The van der Waals surface area contributed by atoms with E-state index in [9.17, 15) is 4.79 Å². The molecule has 1 heterocycles. The highest BCUT2D eigenvalue weighted by molar-refractivity contribution is 9.11. The standard InChI is InChI=1S/C12H17BrO3/c1-8-5-9(6-10(13)7-15-8)11(14)16-12(2,3)4/h5,7-8H,6H2,1-4H3/t8-/m0/s1. The minimum absolute atomic E-state index is 0.113. The number of halogens is 1. The van der Waals surface area contributed by atoms with Crippen LogP contribution in [0.1, 0.15) is 34.1 Å². The zero-order valence-electron chi connectivity index (χ0n) is 10.0. The summed E-state index contributed by atoms with van der Waals surface area (Å²) < 4.78 is 11.5. The third-order valence-electron chi connectivity index (χ3n) is 1.87. The number of carbonyl (C=O) groups excluding carboxylic acids is 1. The lowest BCUT2D eigenvalue weighted by molar-refractivity contribution is -0.150. The van der Waals surface area contributed by atoms with Gasteiger partial charge in [0.15, 0.2) is 0 Å². The maximum absolute atomic E-state index is 11.9. The topological polar surface area (TPSA) is 35.5 Å². The first kappa shape index (κ1) is 13.3. The second-order valence-corrected chi connectivity index (χ2v) is 5.80. The molecular formula is C12H17BrO3. The highest BCUT2D eigenvalue weighted by Gasteiger charge is 2.22. The van der Waals surface area contributed by atoms with Crippen LogP contribution in [0.15, 0.2) is 22.4 Å². The Morgan fingerprint density at radius 1 is 1.56 bits per heavy atom. The van der Waals surface area contributed by atoms with E-state index in [1.807, 2.05) is 27.7 Å². The van der Waals surface area contributed by atoms with E-state index in [4.69, 9.17) is 9.47 Å². The Hall–Kier alpha value is -0.770. The van der Waals surface area contributed by atoms with Crippen LogP contribution in [0, 0.1) is 0 Å². The van der Waals surface area contributed by atoms with Gasteiger partial charge in [-0.3, -0.25) is 0 Å². The first-order valence-electron chi connectivity index (χ1n) is 5.22. The Balaban J connectivity index is 2.78. The van der Waals surface area contributed by atoms with Crippen LogP contribution >= 0.6 is 15.9 Å². The van der Waals surface area contributed by atoms with E-state index in [-0.39, 0.29) is 12.1 Å².